The smallest absolute Gasteiger partial charge is 0.306 e. The quantitative estimate of drug-likeness (QED) is 0.609. The number of amides is 1. The van der Waals surface area contributed by atoms with E-state index >= 15 is 0 Å². The Morgan fingerprint density at radius 1 is 1.00 bits per heavy atom. The Bertz CT molecular complexity index is 1070. The Balaban J connectivity index is 2.17. The van der Waals surface area contributed by atoms with Gasteiger partial charge in [0.05, 0.1) is 39.5 Å². The van der Waals surface area contributed by atoms with Crippen molar-refractivity contribution in [2.75, 3.05) is 25.7 Å². The van der Waals surface area contributed by atoms with E-state index in [1.54, 1.807) is 30.2 Å². The molecular formula is C25H27NO6. The monoisotopic (exact) mass is 437 g/mol. The van der Waals surface area contributed by atoms with Crippen molar-refractivity contribution in [3.63, 3.8) is 0 Å². The van der Waals surface area contributed by atoms with Crippen LogP contribution in [0.2, 0.25) is 0 Å². The molecule has 2 aromatic carbocycles. The Labute approximate surface area is 187 Å². The first-order valence-corrected chi connectivity index (χ1v) is 10.4. The minimum atomic E-state index is -0.450. The number of methoxy groups -OCH3 is 2. The lowest BCUT2D eigenvalue weighted by Gasteiger charge is -2.29. The second-order valence-corrected chi connectivity index (χ2v) is 7.35. The number of benzene rings is 2. The number of fused-ring (bicyclic) bond motifs is 2. The Morgan fingerprint density at radius 3 is 2.41 bits per heavy atom. The van der Waals surface area contributed by atoms with Gasteiger partial charge in [-0.1, -0.05) is 6.07 Å². The average molecular weight is 437 g/mol. The first-order valence-electron chi connectivity index (χ1n) is 10.4. The van der Waals surface area contributed by atoms with E-state index in [1.165, 1.54) is 14.0 Å². The zero-order valence-electron chi connectivity index (χ0n) is 18.8. The maximum absolute atomic E-state index is 13.2. The number of ether oxygens (including phenoxy) is 3. The van der Waals surface area contributed by atoms with E-state index in [4.69, 9.17) is 9.47 Å². The minimum Gasteiger partial charge on any atom is -0.497 e. The highest BCUT2D eigenvalue weighted by atomic mass is 16.5. The summed E-state index contributed by atoms with van der Waals surface area (Å²) in [7, 11) is 2.84. The molecule has 0 aliphatic carbocycles. The second-order valence-electron chi connectivity index (χ2n) is 7.35. The molecule has 168 valence electrons. The number of anilines is 1. The maximum Gasteiger partial charge on any atom is 0.306 e. The molecule has 2 aromatic rings. The van der Waals surface area contributed by atoms with E-state index in [9.17, 15) is 14.4 Å². The zero-order chi connectivity index (χ0) is 23.3. The van der Waals surface area contributed by atoms with Crippen molar-refractivity contribution in [2.24, 2.45) is 0 Å². The molecule has 0 saturated heterocycles. The molecule has 0 N–H and O–H groups in total. The summed E-state index contributed by atoms with van der Waals surface area (Å²) in [5.41, 5.74) is 3.38. The van der Waals surface area contributed by atoms with Crippen LogP contribution in [-0.4, -0.2) is 38.5 Å². The molecule has 0 atom stereocenters. The molecule has 32 heavy (non-hydrogen) atoms. The summed E-state index contributed by atoms with van der Waals surface area (Å²) in [5, 5.41) is 0. The molecule has 0 bridgehead atoms. The summed E-state index contributed by atoms with van der Waals surface area (Å²) in [4.78, 5) is 39.0. The lowest BCUT2D eigenvalue weighted by molar-refractivity contribution is -0.141. The van der Waals surface area contributed by atoms with Gasteiger partial charge >= 0.3 is 5.97 Å². The predicted octanol–water partition coefficient (Wildman–Crippen LogP) is 4.02. The summed E-state index contributed by atoms with van der Waals surface area (Å²) in [6.07, 6.45) is 1.76. The van der Waals surface area contributed by atoms with Gasteiger partial charge in [0.15, 0.2) is 5.78 Å². The first kappa shape index (κ1) is 23.1. The van der Waals surface area contributed by atoms with E-state index in [0.717, 1.165) is 11.1 Å². The van der Waals surface area contributed by atoms with Gasteiger partial charge in [-0.15, -0.1) is 0 Å². The van der Waals surface area contributed by atoms with E-state index in [2.05, 4.69) is 4.74 Å². The highest BCUT2D eigenvalue weighted by Gasteiger charge is 2.26. The third kappa shape index (κ3) is 4.99. The number of ketones is 1. The number of rotatable bonds is 7. The summed E-state index contributed by atoms with van der Waals surface area (Å²) < 4.78 is 15.7. The molecule has 7 heteroatoms. The van der Waals surface area contributed by atoms with Gasteiger partial charge in [-0.2, -0.15) is 0 Å². The van der Waals surface area contributed by atoms with Crippen molar-refractivity contribution in [3.8, 4) is 11.5 Å². The average Bonchev–Trinajstić information content (AvgIpc) is 2.78. The third-order valence-corrected chi connectivity index (χ3v) is 5.29. The molecule has 0 saturated carbocycles. The largest absolute Gasteiger partial charge is 0.497 e. The first-order chi connectivity index (χ1) is 15.4. The molecule has 1 heterocycles. The maximum atomic E-state index is 13.2. The zero-order valence-corrected chi connectivity index (χ0v) is 18.8. The lowest BCUT2D eigenvalue weighted by Crippen LogP contribution is -2.32. The predicted molar refractivity (Wildman–Crippen MR) is 122 cm³/mol. The van der Waals surface area contributed by atoms with Gasteiger partial charge in [0.2, 0.25) is 5.91 Å². The van der Waals surface area contributed by atoms with Gasteiger partial charge < -0.3 is 19.1 Å². The third-order valence-electron chi connectivity index (χ3n) is 5.29. The highest BCUT2D eigenvalue weighted by Crippen LogP contribution is 2.36. The Morgan fingerprint density at radius 2 is 1.75 bits per heavy atom. The molecule has 0 aromatic heterocycles. The van der Waals surface area contributed by atoms with Crippen LogP contribution in [0.15, 0.2) is 36.4 Å². The molecule has 3 rings (SSSR count). The van der Waals surface area contributed by atoms with Crippen LogP contribution in [0.25, 0.3) is 11.6 Å². The van der Waals surface area contributed by atoms with Gasteiger partial charge in [0, 0.05) is 18.1 Å². The van der Waals surface area contributed by atoms with E-state index < -0.39 is 5.97 Å². The van der Waals surface area contributed by atoms with E-state index in [-0.39, 0.29) is 31.1 Å². The van der Waals surface area contributed by atoms with Gasteiger partial charge in [0.25, 0.3) is 0 Å². The van der Waals surface area contributed by atoms with Crippen molar-refractivity contribution < 1.29 is 28.6 Å². The summed E-state index contributed by atoms with van der Waals surface area (Å²) >= 11 is 0. The van der Waals surface area contributed by atoms with Gasteiger partial charge in [-0.25, -0.2) is 0 Å². The van der Waals surface area contributed by atoms with Gasteiger partial charge in [-0.3, -0.25) is 14.4 Å². The number of nitrogens with zero attached hydrogens (tertiary/aromatic N) is 1. The summed E-state index contributed by atoms with van der Waals surface area (Å²) in [6.45, 7) is 4.12. The molecule has 1 aliphatic rings. The number of carbonyl (C=O) groups is 3. The Hall–Kier alpha value is -3.61. The highest BCUT2D eigenvalue weighted by molar-refractivity contribution is 6.25. The molecule has 7 nitrogen and oxygen atoms in total. The number of Topliss-reactive ketones (excluding diaryl/α,β-unsaturated/α-hetero) is 1. The normalized spacial score (nSPS) is 14.1. The fourth-order valence-corrected chi connectivity index (χ4v) is 3.67. The standard InChI is InChI=1S/C25H27NO6/c1-5-32-20-8-9-21-18(12-20)15-26(24(28)10-11-25(29)31-4)23-14-19(30-3)7-6-17(23)13-22(21)16(2)27/h6-9,12-14H,5,10-11,15H2,1-4H3/b22-13-. The fourth-order valence-electron chi connectivity index (χ4n) is 3.67. The van der Waals surface area contributed by atoms with E-state index in [1.807, 2.05) is 31.2 Å². The molecule has 0 unspecified atom stereocenters. The molecule has 1 aliphatic heterocycles. The van der Waals surface area contributed by atoms with Crippen molar-refractivity contribution in [1.82, 2.24) is 0 Å². The second kappa shape index (κ2) is 10.1. The van der Waals surface area contributed by atoms with Gasteiger partial charge in [-0.05, 0) is 60.9 Å². The van der Waals surface area contributed by atoms with Crippen molar-refractivity contribution in [2.45, 2.75) is 33.2 Å². The molecular weight excluding hydrogens is 410 g/mol. The van der Waals surface area contributed by atoms with Crippen LogP contribution in [0.4, 0.5) is 5.69 Å². The number of hydrogen-bond donors (Lipinski definition) is 0. The van der Waals surface area contributed by atoms with Crippen LogP contribution in [0.3, 0.4) is 0 Å². The fraction of sp³-hybridized carbons (Fsp3) is 0.320. The van der Waals surface area contributed by atoms with Crippen LogP contribution >= 0.6 is 0 Å². The van der Waals surface area contributed by atoms with Crippen molar-refractivity contribution in [3.05, 3.63) is 53.1 Å². The van der Waals surface area contributed by atoms with Crippen molar-refractivity contribution >= 4 is 35.0 Å². The van der Waals surface area contributed by atoms with E-state index in [0.29, 0.717) is 34.9 Å². The molecule has 0 spiro atoms. The molecule has 0 radical (unpaired) electrons. The lowest BCUT2D eigenvalue weighted by atomic mass is 9.92. The molecule has 1 amide bonds. The van der Waals surface area contributed by atoms with Crippen LogP contribution in [0.5, 0.6) is 11.5 Å². The number of esters is 1. The Kier molecular flexibility index (Phi) is 7.30. The van der Waals surface area contributed by atoms with Crippen LogP contribution in [0.1, 0.15) is 43.4 Å². The molecule has 0 fully saturated rings. The number of hydrogen-bond acceptors (Lipinski definition) is 6. The number of carbonyl (C=O) groups excluding carboxylic acids is 3. The van der Waals surface area contributed by atoms with Crippen LogP contribution in [-0.2, 0) is 25.7 Å². The van der Waals surface area contributed by atoms with Gasteiger partial charge in [0.1, 0.15) is 11.5 Å². The van der Waals surface area contributed by atoms with Crippen LogP contribution < -0.4 is 14.4 Å². The minimum absolute atomic E-state index is 0.00686. The summed E-state index contributed by atoms with van der Waals surface area (Å²) in [6, 6.07) is 10.9. The SMILES string of the molecule is CCOc1ccc2c(c1)CN(C(=O)CCC(=O)OC)c1cc(OC)ccc1/C=C\2C(C)=O. The van der Waals surface area contributed by atoms with Crippen LogP contribution in [0, 0.1) is 0 Å². The number of allylic oxidation sites excluding steroid dienone is 1. The van der Waals surface area contributed by atoms with Crippen molar-refractivity contribution in [1.29, 1.82) is 0 Å². The topological polar surface area (TPSA) is 82.1 Å². The summed E-state index contributed by atoms with van der Waals surface area (Å²) in [5.74, 6) is 0.466.